The predicted molar refractivity (Wildman–Crippen MR) is 59.7 cm³/mol. The normalized spacial score (nSPS) is 20.8. The Labute approximate surface area is 90.7 Å². The molecule has 0 aliphatic carbocycles. The molecule has 1 atom stereocenters. The van der Waals surface area contributed by atoms with Crippen LogP contribution in [0.15, 0.2) is 12.1 Å². The van der Waals surface area contributed by atoms with Crippen LogP contribution in [0.1, 0.15) is 36.2 Å². The van der Waals surface area contributed by atoms with Crippen molar-refractivity contribution in [2.45, 2.75) is 32.2 Å². The van der Waals surface area contributed by atoms with Crippen LogP contribution in [-0.2, 0) is 17.7 Å². The van der Waals surface area contributed by atoms with E-state index < -0.39 is 0 Å². The summed E-state index contributed by atoms with van der Waals surface area (Å²) in [5.74, 6) is 0.502. The maximum Gasteiger partial charge on any atom is 0.0578 e. The number of ether oxygens (including phenoxy) is 1. The van der Waals surface area contributed by atoms with Crippen LogP contribution in [0, 0.1) is 0 Å². The Bertz CT molecular complexity index is 332. The molecule has 82 valence electrons. The molecule has 1 aromatic rings. The van der Waals surface area contributed by atoms with Crippen molar-refractivity contribution in [1.29, 1.82) is 0 Å². The molecule has 0 saturated carbocycles. The van der Waals surface area contributed by atoms with E-state index in [9.17, 15) is 0 Å². The summed E-state index contributed by atoms with van der Waals surface area (Å²) in [6, 6.07) is 4.28. The summed E-state index contributed by atoms with van der Waals surface area (Å²) in [4.78, 5) is 4.57. The summed E-state index contributed by atoms with van der Waals surface area (Å²) in [5.41, 5.74) is 9.19. The van der Waals surface area contributed by atoms with Crippen molar-refractivity contribution in [3.8, 4) is 0 Å². The average Bonchev–Trinajstić information content (AvgIpc) is 2.81. The van der Waals surface area contributed by atoms with Gasteiger partial charge in [0.2, 0.25) is 0 Å². The highest BCUT2D eigenvalue weighted by atomic mass is 16.5. The molecule has 1 aliphatic rings. The van der Waals surface area contributed by atoms with Gasteiger partial charge in [-0.3, -0.25) is 4.98 Å². The Hall–Kier alpha value is -0.930. The third-order valence-electron chi connectivity index (χ3n) is 2.99. The van der Waals surface area contributed by atoms with Gasteiger partial charge in [0.05, 0.1) is 12.3 Å². The molecule has 2 heterocycles. The number of pyridine rings is 1. The van der Waals surface area contributed by atoms with Gasteiger partial charge < -0.3 is 10.5 Å². The quantitative estimate of drug-likeness (QED) is 0.817. The van der Waals surface area contributed by atoms with Crippen LogP contribution >= 0.6 is 0 Å². The van der Waals surface area contributed by atoms with Crippen molar-refractivity contribution in [2.75, 3.05) is 13.2 Å². The molecule has 0 amide bonds. The van der Waals surface area contributed by atoms with Crippen molar-refractivity contribution in [3.05, 3.63) is 29.1 Å². The number of rotatable bonds is 3. The van der Waals surface area contributed by atoms with E-state index >= 15 is 0 Å². The van der Waals surface area contributed by atoms with Crippen molar-refractivity contribution < 1.29 is 4.74 Å². The molecule has 0 unspecified atom stereocenters. The molecule has 1 saturated heterocycles. The van der Waals surface area contributed by atoms with E-state index in [1.54, 1.807) is 0 Å². The van der Waals surface area contributed by atoms with Gasteiger partial charge in [-0.1, -0.05) is 13.0 Å². The third-order valence-corrected chi connectivity index (χ3v) is 2.99. The van der Waals surface area contributed by atoms with Crippen molar-refractivity contribution in [3.63, 3.8) is 0 Å². The summed E-state index contributed by atoms with van der Waals surface area (Å²) < 4.78 is 5.40. The highest BCUT2D eigenvalue weighted by Gasteiger charge is 2.20. The lowest BCUT2D eigenvalue weighted by Crippen LogP contribution is -2.10. The molecule has 15 heavy (non-hydrogen) atoms. The minimum Gasteiger partial charge on any atom is -0.381 e. The maximum absolute atomic E-state index is 5.74. The van der Waals surface area contributed by atoms with Crippen molar-refractivity contribution in [1.82, 2.24) is 4.98 Å². The summed E-state index contributed by atoms with van der Waals surface area (Å²) in [5, 5.41) is 0. The number of hydrogen-bond acceptors (Lipinski definition) is 3. The minimum atomic E-state index is 0.502. The van der Waals surface area contributed by atoms with Gasteiger partial charge in [-0.25, -0.2) is 0 Å². The zero-order valence-electron chi connectivity index (χ0n) is 9.20. The Morgan fingerprint density at radius 1 is 1.53 bits per heavy atom. The average molecular weight is 206 g/mol. The smallest absolute Gasteiger partial charge is 0.0578 e. The number of hydrogen-bond donors (Lipinski definition) is 1. The SMILES string of the molecule is CCc1ccc([C@H]2CCOC2)c(CN)n1. The first-order valence-electron chi connectivity index (χ1n) is 5.61. The van der Waals surface area contributed by atoms with Gasteiger partial charge in [0.25, 0.3) is 0 Å². The third kappa shape index (κ3) is 2.19. The topological polar surface area (TPSA) is 48.1 Å². The fourth-order valence-corrected chi connectivity index (χ4v) is 2.07. The summed E-state index contributed by atoms with van der Waals surface area (Å²) in [6.07, 6.45) is 2.06. The van der Waals surface area contributed by atoms with Crippen LogP contribution < -0.4 is 5.73 Å². The van der Waals surface area contributed by atoms with Gasteiger partial charge in [-0.15, -0.1) is 0 Å². The molecule has 2 N–H and O–H groups in total. The van der Waals surface area contributed by atoms with Gasteiger partial charge in [-0.2, -0.15) is 0 Å². The van der Waals surface area contributed by atoms with E-state index in [1.807, 2.05) is 0 Å². The molecule has 0 bridgehead atoms. The van der Waals surface area contributed by atoms with E-state index in [2.05, 4.69) is 24.0 Å². The number of aromatic nitrogens is 1. The van der Waals surface area contributed by atoms with Gasteiger partial charge in [0, 0.05) is 24.8 Å². The Balaban J connectivity index is 2.29. The Kier molecular flexibility index (Phi) is 3.34. The second-order valence-corrected chi connectivity index (χ2v) is 3.96. The van der Waals surface area contributed by atoms with Crippen LogP contribution in [0.4, 0.5) is 0 Å². The fraction of sp³-hybridized carbons (Fsp3) is 0.583. The zero-order chi connectivity index (χ0) is 10.7. The first-order chi connectivity index (χ1) is 7.35. The standard InChI is InChI=1S/C12H18N2O/c1-2-10-3-4-11(12(7-13)14-10)9-5-6-15-8-9/h3-4,9H,2,5-8,13H2,1H3/t9-/m0/s1. The Morgan fingerprint density at radius 3 is 3.00 bits per heavy atom. The van der Waals surface area contributed by atoms with Gasteiger partial charge in [0.15, 0.2) is 0 Å². The van der Waals surface area contributed by atoms with Crippen molar-refractivity contribution in [2.24, 2.45) is 5.73 Å². The molecular formula is C12H18N2O. The Morgan fingerprint density at radius 2 is 2.40 bits per heavy atom. The molecule has 1 aliphatic heterocycles. The van der Waals surface area contributed by atoms with Gasteiger partial charge >= 0.3 is 0 Å². The van der Waals surface area contributed by atoms with E-state index in [4.69, 9.17) is 10.5 Å². The lowest BCUT2D eigenvalue weighted by molar-refractivity contribution is 0.193. The lowest BCUT2D eigenvalue weighted by Gasteiger charge is -2.13. The van der Waals surface area contributed by atoms with E-state index in [0.29, 0.717) is 12.5 Å². The number of aryl methyl sites for hydroxylation is 1. The van der Waals surface area contributed by atoms with Gasteiger partial charge in [-0.05, 0) is 24.5 Å². The minimum absolute atomic E-state index is 0.502. The number of nitrogens with two attached hydrogens (primary N) is 1. The molecule has 0 spiro atoms. The molecule has 1 fully saturated rings. The van der Waals surface area contributed by atoms with E-state index in [0.717, 1.165) is 37.4 Å². The summed E-state index contributed by atoms with van der Waals surface area (Å²) in [6.45, 7) is 4.32. The molecule has 2 rings (SSSR count). The molecule has 0 radical (unpaired) electrons. The first kappa shape index (κ1) is 10.6. The number of nitrogens with zero attached hydrogens (tertiary/aromatic N) is 1. The first-order valence-corrected chi connectivity index (χ1v) is 5.61. The monoisotopic (exact) mass is 206 g/mol. The molecular weight excluding hydrogens is 188 g/mol. The van der Waals surface area contributed by atoms with Crippen LogP contribution in [0.2, 0.25) is 0 Å². The highest BCUT2D eigenvalue weighted by Crippen LogP contribution is 2.27. The molecule has 3 heteroatoms. The zero-order valence-corrected chi connectivity index (χ0v) is 9.20. The fourth-order valence-electron chi connectivity index (χ4n) is 2.07. The van der Waals surface area contributed by atoms with Crippen LogP contribution in [-0.4, -0.2) is 18.2 Å². The molecule has 0 aromatic carbocycles. The molecule has 1 aromatic heterocycles. The van der Waals surface area contributed by atoms with Crippen LogP contribution in [0.3, 0.4) is 0 Å². The second kappa shape index (κ2) is 4.73. The predicted octanol–water partition coefficient (Wildman–Crippen LogP) is 1.61. The highest BCUT2D eigenvalue weighted by molar-refractivity contribution is 5.27. The van der Waals surface area contributed by atoms with E-state index in [-0.39, 0.29) is 0 Å². The van der Waals surface area contributed by atoms with Crippen LogP contribution in [0.25, 0.3) is 0 Å². The van der Waals surface area contributed by atoms with E-state index in [1.165, 1.54) is 5.56 Å². The maximum atomic E-state index is 5.74. The summed E-state index contributed by atoms with van der Waals surface area (Å²) in [7, 11) is 0. The molecule has 3 nitrogen and oxygen atoms in total. The lowest BCUT2D eigenvalue weighted by atomic mass is 9.96. The van der Waals surface area contributed by atoms with Crippen molar-refractivity contribution >= 4 is 0 Å². The second-order valence-electron chi connectivity index (χ2n) is 3.96. The van der Waals surface area contributed by atoms with Gasteiger partial charge in [0.1, 0.15) is 0 Å². The largest absolute Gasteiger partial charge is 0.381 e. The summed E-state index contributed by atoms with van der Waals surface area (Å²) >= 11 is 0. The van der Waals surface area contributed by atoms with Crippen LogP contribution in [0.5, 0.6) is 0 Å².